The lowest BCUT2D eigenvalue weighted by atomic mass is 10.1. The highest BCUT2D eigenvalue weighted by atomic mass is 16.5. The molecular weight excluding hydrogens is 250 g/mol. The Balaban J connectivity index is 2.56. The maximum absolute atomic E-state index is 9.30. The van der Waals surface area contributed by atoms with Crippen LogP contribution in [0.4, 0.5) is 0 Å². The van der Waals surface area contributed by atoms with E-state index in [2.05, 4.69) is 27.7 Å². The van der Waals surface area contributed by atoms with Gasteiger partial charge in [-0.05, 0) is 51.5 Å². The maximum Gasteiger partial charge on any atom is 0.119 e. The number of rotatable bonds is 9. The number of ether oxygens (including phenoxy) is 1. The fourth-order valence-corrected chi connectivity index (χ4v) is 2.63. The average Bonchev–Trinajstić information content (AvgIpc) is 2.50. The van der Waals surface area contributed by atoms with E-state index in [4.69, 9.17) is 4.74 Å². The van der Waals surface area contributed by atoms with Crippen molar-refractivity contribution < 1.29 is 14.3 Å². The van der Waals surface area contributed by atoms with Crippen LogP contribution >= 0.6 is 0 Å². The van der Waals surface area contributed by atoms with Crippen LogP contribution in [0.3, 0.4) is 0 Å². The van der Waals surface area contributed by atoms with Gasteiger partial charge in [0.25, 0.3) is 0 Å². The third-order valence-electron chi connectivity index (χ3n) is 4.53. The summed E-state index contributed by atoms with van der Waals surface area (Å²) in [5.74, 6) is 1.13. The van der Waals surface area contributed by atoms with Crippen LogP contribution in [0.2, 0.25) is 0 Å². The average molecular weight is 280 g/mol. The first-order chi connectivity index (χ1) is 9.59. The third kappa shape index (κ3) is 4.71. The van der Waals surface area contributed by atoms with E-state index in [0.717, 1.165) is 23.1 Å². The lowest BCUT2D eigenvalue weighted by Crippen LogP contribution is -2.49. The van der Waals surface area contributed by atoms with Crippen LogP contribution in [0.1, 0.15) is 40.5 Å². The smallest absolute Gasteiger partial charge is 0.119 e. The Bertz CT molecular complexity index is 363. The highest BCUT2D eigenvalue weighted by molar-refractivity contribution is 5.30. The lowest BCUT2D eigenvalue weighted by molar-refractivity contribution is -0.923. The molecule has 3 heteroatoms. The molecular formula is C17H30NO2+. The number of quaternary nitrogens is 1. The molecule has 0 radical (unpaired) electrons. The van der Waals surface area contributed by atoms with E-state index in [1.165, 1.54) is 26.2 Å². The molecule has 1 rings (SSSR count). The normalized spacial score (nSPS) is 13.2. The summed E-state index contributed by atoms with van der Waals surface area (Å²) in [5.41, 5.74) is 0. The number of phenols is 1. The molecule has 0 heterocycles. The Morgan fingerprint density at radius 1 is 1.00 bits per heavy atom. The van der Waals surface area contributed by atoms with Crippen molar-refractivity contribution in [2.45, 2.75) is 46.6 Å². The van der Waals surface area contributed by atoms with Gasteiger partial charge >= 0.3 is 0 Å². The second-order valence-corrected chi connectivity index (χ2v) is 5.44. The molecule has 114 valence electrons. The minimum absolute atomic E-state index is 0.252. The first-order valence-corrected chi connectivity index (χ1v) is 7.89. The molecule has 0 spiro atoms. The lowest BCUT2D eigenvalue weighted by Gasteiger charge is -2.36. The molecule has 0 amide bonds. The third-order valence-corrected chi connectivity index (χ3v) is 4.53. The molecule has 1 unspecified atom stereocenters. The molecule has 0 aromatic heterocycles. The molecule has 3 nitrogen and oxygen atoms in total. The summed E-state index contributed by atoms with van der Waals surface area (Å²) >= 11 is 0. The summed E-state index contributed by atoms with van der Waals surface area (Å²) in [4.78, 5) is 0. The fourth-order valence-electron chi connectivity index (χ4n) is 2.63. The van der Waals surface area contributed by atoms with Crippen LogP contribution in [-0.4, -0.2) is 41.9 Å². The van der Waals surface area contributed by atoms with Crippen LogP contribution in [0.25, 0.3) is 0 Å². The number of nitrogens with zero attached hydrogens (tertiary/aromatic N) is 1. The van der Waals surface area contributed by atoms with Gasteiger partial charge in [-0.2, -0.15) is 0 Å². The zero-order valence-corrected chi connectivity index (χ0v) is 13.4. The molecule has 0 bridgehead atoms. The first kappa shape index (κ1) is 16.8. The Kier molecular flexibility index (Phi) is 6.86. The molecule has 1 aromatic carbocycles. The summed E-state index contributed by atoms with van der Waals surface area (Å²) in [5, 5.41) is 9.30. The Hall–Kier alpha value is -1.22. The topological polar surface area (TPSA) is 29.5 Å². The predicted molar refractivity (Wildman–Crippen MR) is 84.2 cm³/mol. The summed E-state index contributed by atoms with van der Waals surface area (Å²) in [6.45, 7) is 13.7. The number of phenolic OH excluding ortho intramolecular Hbond substituents is 1. The van der Waals surface area contributed by atoms with Gasteiger partial charge in [0.1, 0.15) is 17.6 Å². The van der Waals surface area contributed by atoms with Crippen molar-refractivity contribution in [1.29, 1.82) is 0 Å². The van der Waals surface area contributed by atoms with E-state index >= 15 is 0 Å². The molecule has 0 aliphatic carbocycles. The molecule has 1 N–H and O–H groups in total. The predicted octanol–water partition coefficient (Wildman–Crippen LogP) is 3.82. The van der Waals surface area contributed by atoms with E-state index in [1.807, 2.05) is 12.1 Å². The van der Waals surface area contributed by atoms with Crippen molar-refractivity contribution in [3.05, 3.63) is 24.3 Å². The monoisotopic (exact) mass is 280 g/mol. The number of hydrogen-bond donors (Lipinski definition) is 1. The maximum atomic E-state index is 9.30. The van der Waals surface area contributed by atoms with Gasteiger partial charge in [-0.3, -0.25) is 0 Å². The molecule has 0 saturated carbocycles. The van der Waals surface area contributed by atoms with Gasteiger partial charge in [0.2, 0.25) is 0 Å². The van der Waals surface area contributed by atoms with Crippen LogP contribution in [-0.2, 0) is 0 Å². The van der Waals surface area contributed by atoms with E-state index in [1.54, 1.807) is 12.1 Å². The Labute approximate surface area is 123 Å². The van der Waals surface area contributed by atoms with Crippen LogP contribution < -0.4 is 4.74 Å². The van der Waals surface area contributed by atoms with Crippen LogP contribution in [0, 0.1) is 0 Å². The van der Waals surface area contributed by atoms with Crippen molar-refractivity contribution in [1.82, 2.24) is 0 Å². The van der Waals surface area contributed by atoms with Gasteiger partial charge in [0.05, 0.1) is 26.2 Å². The molecule has 0 saturated heterocycles. The standard InChI is InChI=1S/C17H29NO2/c1-5-16(13-14-18(6-2,7-3)8-4)20-17-11-9-15(19)10-12-17/h9-12,16H,5-8,13-14H2,1-4H3/p+1. The van der Waals surface area contributed by atoms with Crippen molar-refractivity contribution in [2.75, 3.05) is 26.2 Å². The van der Waals surface area contributed by atoms with Crippen molar-refractivity contribution in [2.24, 2.45) is 0 Å². The molecule has 0 aliphatic rings. The second-order valence-electron chi connectivity index (χ2n) is 5.44. The van der Waals surface area contributed by atoms with Crippen LogP contribution in [0.5, 0.6) is 11.5 Å². The molecule has 0 aliphatic heterocycles. The van der Waals surface area contributed by atoms with Crippen molar-refractivity contribution in [3.63, 3.8) is 0 Å². The Morgan fingerprint density at radius 3 is 2.00 bits per heavy atom. The Morgan fingerprint density at radius 2 is 1.55 bits per heavy atom. The van der Waals surface area contributed by atoms with E-state index in [-0.39, 0.29) is 11.9 Å². The zero-order valence-electron chi connectivity index (χ0n) is 13.4. The molecule has 1 atom stereocenters. The zero-order chi connectivity index (χ0) is 15.0. The molecule has 20 heavy (non-hydrogen) atoms. The summed E-state index contributed by atoms with van der Waals surface area (Å²) in [6.07, 6.45) is 2.34. The quantitative estimate of drug-likeness (QED) is 0.697. The highest BCUT2D eigenvalue weighted by Crippen LogP contribution is 2.20. The minimum atomic E-state index is 0.252. The van der Waals surface area contributed by atoms with Gasteiger partial charge < -0.3 is 14.3 Å². The largest absolute Gasteiger partial charge is 0.508 e. The second kappa shape index (κ2) is 8.15. The summed E-state index contributed by atoms with van der Waals surface area (Å²) < 4.78 is 7.19. The van der Waals surface area contributed by atoms with Gasteiger partial charge in [0.15, 0.2) is 0 Å². The SMILES string of the molecule is CCC(CC[N+](CC)(CC)CC)Oc1ccc(O)cc1. The van der Waals surface area contributed by atoms with Gasteiger partial charge in [-0.1, -0.05) is 6.92 Å². The van der Waals surface area contributed by atoms with Crippen molar-refractivity contribution >= 4 is 0 Å². The summed E-state index contributed by atoms with van der Waals surface area (Å²) in [6, 6.07) is 7.01. The van der Waals surface area contributed by atoms with Crippen LogP contribution in [0.15, 0.2) is 24.3 Å². The number of aromatic hydroxyl groups is 1. The van der Waals surface area contributed by atoms with E-state index < -0.39 is 0 Å². The van der Waals surface area contributed by atoms with Gasteiger partial charge in [0, 0.05) is 6.42 Å². The van der Waals surface area contributed by atoms with Gasteiger partial charge in [-0.25, -0.2) is 0 Å². The summed E-state index contributed by atoms with van der Waals surface area (Å²) in [7, 11) is 0. The number of benzene rings is 1. The minimum Gasteiger partial charge on any atom is -0.508 e. The molecule has 1 aromatic rings. The highest BCUT2D eigenvalue weighted by Gasteiger charge is 2.22. The molecule has 0 fully saturated rings. The number of hydrogen-bond acceptors (Lipinski definition) is 2. The fraction of sp³-hybridized carbons (Fsp3) is 0.647. The van der Waals surface area contributed by atoms with Gasteiger partial charge in [-0.15, -0.1) is 0 Å². The van der Waals surface area contributed by atoms with E-state index in [9.17, 15) is 5.11 Å². The van der Waals surface area contributed by atoms with E-state index in [0.29, 0.717) is 0 Å². The first-order valence-electron chi connectivity index (χ1n) is 7.89. The van der Waals surface area contributed by atoms with Crippen molar-refractivity contribution in [3.8, 4) is 11.5 Å².